The summed E-state index contributed by atoms with van der Waals surface area (Å²) in [6, 6.07) is 8.91. The van der Waals surface area contributed by atoms with Crippen molar-refractivity contribution in [2.75, 3.05) is 10.6 Å². The summed E-state index contributed by atoms with van der Waals surface area (Å²) < 4.78 is 7.52. The van der Waals surface area contributed by atoms with Crippen LogP contribution in [-0.4, -0.2) is 32.7 Å². The molecule has 0 spiro atoms. The minimum absolute atomic E-state index is 0.0134. The lowest BCUT2D eigenvalue weighted by Crippen LogP contribution is -2.34. The Morgan fingerprint density at radius 1 is 1.44 bits per heavy atom. The third kappa shape index (κ3) is 3.49. The van der Waals surface area contributed by atoms with Crippen LogP contribution in [0, 0.1) is 4.77 Å². The van der Waals surface area contributed by atoms with Crippen LogP contribution in [0.5, 0.6) is 5.75 Å². The number of nitrogens with zero attached hydrogens (tertiary/aromatic N) is 2. The van der Waals surface area contributed by atoms with Gasteiger partial charge in [0.05, 0.1) is 10.6 Å². The largest absolute Gasteiger partial charge is 0.479 e. The van der Waals surface area contributed by atoms with Crippen LogP contribution in [0.1, 0.15) is 6.92 Å². The topological polar surface area (TPSA) is 101 Å². The molecule has 1 atom stereocenters. The number of benzene rings is 1. The van der Waals surface area contributed by atoms with Gasteiger partial charge in [0.15, 0.2) is 16.7 Å². The normalized spacial score (nSPS) is 15.6. The first-order valence-corrected chi connectivity index (χ1v) is 9.40. The number of ether oxygens (including phenoxy) is 1. The van der Waals surface area contributed by atoms with Crippen LogP contribution < -0.4 is 15.4 Å². The zero-order chi connectivity index (χ0) is 19.0. The summed E-state index contributed by atoms with van der Waals surface area (Å²) in [6.45, 7) is 1.69. The Bertz CT molecular complexity index is 1070. The highest BCUT2D eigenvalue weighted by atomic mass is 32.1. The van der Waals surface area contributed by atoms with Gasteiger partial charge < -0.3 is 15.4 Å². The van der Waals surface area contributed by atoms with Crippen LogP contribution in [-0.2, 0) is 16.1 Å². The van der Waals surface area contributed by atoms with E-state index in [-0.39, 0.29) is 18.4 Å². The molecule has 3 heterocycles. The lowest BCUT2D eigenvalue weighted by molar-refractivity contribution is -0.122. The molecule has 0 saturated carbocycles. The SMILES string of the molecule is CC1Oc2ccc(NC(=O)Cn3c(-c4cccs4)n[nH]c3=S)cc2NC1=O. The quantitative estimate of drug-likeness (QED) is 0.584. The predicted molar refractivity (Wildman–Crippen MR) is 105 cm³/mol. The summed E-state index contributed by atoms with van der Waals surface area (Å²) in [5, 5.41) is 14.4. The maximum atomic E-state index is 12.5. The van der Waals surface area contributed by atoms with E-state index in [1.807, 2.05) is 17.5 Å². The van der Waals surface area contributed by atoms with Crippen LogP contribution in [0.3, 0.4) is 0 Å². The van der Waals surface area contributed by atoms with Crippen molar-refractivity contribution >= 4 is 46.7 Å². The number of carbonyl (C=O) groups is 2. The number of nitrogens with one attached hydrogen (secondary N) is 3. The molecular formula is C17H15N5O3S2. The Kier molecular flexibility index (Phi) is 4.50. The van der Waals surface area contributed by atoms with Crippen LogP contribution >= 0.6 is 23.6 Å². The fourth-order valence-electron chi connectivity index (χ4n) is 2.69. The van der Waals surface area contributed by atoms with Gasteiger partial charge in [0.2, 0.25) is 5.91 Å². The number of hydrogen-bond donors (Lipinski definition) is 3. The molecule has 27 heavy (non-hydrogen) atoms. The summed E-state index contributed by atoms with van der Waals surface area (Å²) >= 11 is 6.75. The lowest BCUT2D eigenvalue weighted by atomic mass is 10.2. The molecule has 3 N–H and O–H groups in total. The van der Waals surface area contributed by atoms with Gasteiger partial charge >= 0.3 is 0 Å². The Balaban J connectivity index is 1.51. The Morgan fingerprint density at radius 3 is 3.07 bits per heavy atom. The summed E-state index contributed by atoms with van der Waals surface area (Å²) in [4.78, 5) is 25.2. The summed E-state index contributed by atoms with van der Waals surface area (Å²) in [7, 11) is 0. The first-order chi connectivity index (χ1) is 13.0. The van der Waals surface area contributed by atoms with E-state index in [1.165, 1.54) is 11.3 Å². The summed E-state index contributed by atoms with van der Waals surface area (Å²) in [5.41, 5.74) is 1.07. The summed E-state index contributed by atoms with van der Waals surface area (Å²) in [6.07, 6.45) is -0.545. The number of anilines is 2. The molecule has 4 rings (SSSR count). The third-order valence-corrected chi connectivity index (χ3v) is 5.17. The molecular weight excluding hydrogens is 386 g/mol. The Labute approximate surface area is 163 Å². The van der Waals surface area contributed by atoms with Gasteiger partial charge in [0.25, 0.3) is 5.91 Å². The van der Waals surface area contributed by atoms with Crippen LogP contribution in [0.2, 0.25) is 0 Å². The minimum atomic E-state index is -0.545. The lowest BCUT2D eigenvalue weighted by Gasteiger charge is -2.23. The minimum Gasteiger partial charge on any atom is -0.479 e. The number of amides is 2. The number of rotatable bonds is 4. The van der Waals surface area contributed by atoms with Crippen molar-refractivity contribution in [1.29, 1.82) is 0 Å². The zero-order valence-electron chi connectivity index (χ0n) is 14.2. The molecule has 1 aliphatic rings. The predicted octanol–water partition coefficient (Wildman–Crippen LogP) is 3.03. The van der Waals surface area contributed by atoms with Crippen LogP contribution in [0.25, 0.3) is 10.7 Å². The second kappa shape index (κ2) is 6.97. The molecule has 1 aromatic carbocycles. The van der Waals surface area contributed by atoms with Crippen LogP contribution in [0.15, 0.2) is 35.7 Å². The molecule has 0 saturated heterocycles. The number of thiophene rings is 1. The van der Waals surface area contributed by atoms with Gasteiger partial charge in [-0.2, -0.15) is 5.10 Å². The molecule has 8 nitrogen and oxygen atoms in total. The van der Waals surface area contributed by atoms with Gasteiger partial charge in [-0.15, -0.1) is 11.3 Å². The van der Waals surface area contributed by atoms with Gasteiger partial charge in [0.1, 0.15) is 12.3 Å². The van der Waals surface area contributed by atoms with Crippen molar-refractivity contribution in [3.8, 4) is 16.5 Å². The average Bonchev–Trinajstić information content (AvgIpc) is 3.27. The van der Waals surface area contributed by atoms with Gasteiger partial charge in [-0.3, -0.25) is 19.3 Å². The van der Waals surface area contributed by atoms with E-state index < -0.39 is 6.10 Å². The molecule has 2 amide bonds. The van der Waals surface area contributed by atoms with Gasteiger partial charge in [-0.05, 0) is 48.8 Å². The van der Waals surface area contributed by atoms with Crippen molar-refractivity contribution in [2.45, 2.75) is 19.6 Å². The highest BCUT2D eigenvalue weighted by molar-refractivity contribution is 7.71. The molecule has 0 radical (unpaired) electrons. The maximum Gasteiger partial charge on any atom is 0.265 e. The Hall–Kier alpha value is -2.98. The Morgan fingerprint density at radius 2 is 2.30 bits per heavy atom. The highest BCUT2D eigenvalue weighted by Gasteiger charge is 2.23. The first-order valence-electron chi connectivity index (χ1n) is 8.12. The van der Waals surface area contributed by atoms with Gasteiger partial charge in [-0.25, -0.2) is 0 Å². The molecule has 0 fully saturated rings. The van der Waals surface area contributed by atoms with Gasteiger partial charge in [-0.1, -0.05) is 6.07 Å². The van der Waals surface area contributed by atoms with Crippen molar-refractivity contribution in [2.24, 2.45) is 0 Å². The molecule has 1 aliphatic heterocycles. The van der Waals surface area contributed by atoms with E-state index in [1.54, 1.807) is 29.7 Å². The van der Waals surface area contributed by atoms with Crippen molar-refractivity contribution < 1.29 is 14.3 Å². The number of fused-ring (bicyclic) bond motifs is 1. The maximum absolute atomic E-state index is 12.5. The zero-order valence-corrected chi connectivity index (χ0v) is 15.8. The van der Waals surface area contributed by atoms with E-state index in [2.05, 4.69) is 20.8 Å². The molecule has 2 aromatic heterocycles. The molecule has 1 unspecified atom stereocenters. The molecule has 138 valence electrons. The second-order valence-corrected chi connectivity index (χ2v) is 7.26. The number of aromatic nitrogens is 3. The third-order valence-electron chi connectivity index (χ3n) is 4.00. The standard InChI is InChI=1S/C17H15N5O3S2/c1-9-16(24)19-11-7-10(4-5-12(11)25-9)18-14(23)8-22-15(20-21-17(22)26)13-3-2-6-27-13/h2-7,9H,8H2,1H3,(H,18,23)(H,19,24)(H,21,26). The van der Waals surface area contributed by atoms with E-state index in [4.69, 9.17) is 17.0 Å². The summed E-state index contributed by atoms with van der Waals surface area (Å²) in [5.74, 6) is 0.695. The van der Waals surface area contributed by atoms with Crippen molar-refractivity contribution in [1.82, 2.24) is 14.8 Å². The molecule has 3 aromatic rings. The molecule has 0 aliphatic carbocycles. The highest BCUT2D eigenvalue weighted by Crippen LogP contribution is 2.32. The van der Waals surface area contributed by atoms with E-state index in [0.717, 1.165) is 4.88 Å². The number of carbonyl (C=O) groups excluding carboxylic acids is 2. The van der Waals surface area contributed by atoms with Crippen LogP contribution in [0.4, 0.5) is 11.4 Å². The fraction of sp³-hybridized carbons (Fsp3) is 0.176. The van der Waals surface area contributed by atoms with E-state index in [0.29, 0.717) is 27.7 Å². The second-order valence-electron chi connectivity index (χ2n) is 5.92. The van der Waals surface area contributed by atoms with Gasteiger partial charge in [0, 0.05) is 5.69 Å². The molecule has 10 heteroatoms. The van der Waals surface area contributed by atoms with Crippen molar-refractivity contribution in [3.05, 3.63) is 40.5 Å². The van der Waals surface area contributed by atoms with E-state index >= 15 is 0 Å². The fourth-order valence-corrected chi connectivity index (χ4v) is 3.61. The average molecular weight is 401 g/mol. The number of aromatic amines is 1. The monoisotopic (exact) mass is 401 g/mol. The number of H-pyrrole nitrogens is 1. The van der Waals surface area contributed by atoms with Crippen molar-refractivity contribution in [3.63, 3.8) is 0 Å². The smallest absolute Gasteiger partial charge is 0.265 e. The van der Waals surface area contributed by atoms with E-state index in [9.17, 15) is 9.59 Å². The number of hydrogen-bond acceptors (Lipinski definition) is 6. The molecule has 0 bridgehead atoms. The first kappa shape index (κ1) is 17.4.